The highest BCUT2D eigenvalue weighted by atomic mass is 19.4. The number of piperidine rings is 1. The summed E-state index contributed by atoms with van der Waals surface area (Å²) in [6.45, 7) is 3.54. The van der Waals surface area contributed by atoms with Crippen LogP contribution in [0.4, 0.5) is 13.2 Å². The quantitative estimate of drug-likeness (QED) is 0.744. The van der Waals surface area contributed by atoms with Crippen LogP contribution >= 0.6 is 0 Å². The van der Waals surface area contributed by atoms with Crippen LogP contribution in [0.2, 0.25) is 0 Å². The predicted octanol–water partition coefficient (Wildman–Crippen LogP) is 3.91. The van der Waals surface area contributed by atoms with Crippen LogP contribution in [0.5, 0.6) is 5.75 Å². The van der Waals surface area contributed by atoms with Gasteiger partial charge in [0.1, 0.15) is 11.4 Å². The maximum atomic E-state index is 12.3. The van der Waals surface area contributed by atoms with E-state index in [1.54, 1.807) is 4.90 Å². The molecule has 3 aliphatic rings. The molecule has 6 nitrogen and oxygen atoms in total. The second kappa shape index (κ2) is 9.68. The normalized spacial score (nSPS) is 22.2. The lowest BCUT2D eigenvalue weighted by Gasteiger charge is -2.47. The molecule has 1 N–H and O–H groups in total. The predicted molar refractivity (Wildman–Crippen MR) is 113 cm³/mol. The van der Waals surface area contributed by atoms with Gasteiger partial charge < -0.3 is 19.6 Å². The summed E-state index contributed by atoms with van der Waals surface area (Å²) in [6.07, 6.45) is 1.48. The van der Waals surface area contributed by atoms with Crippen molar-refractivity contribution in [2.45, 2.75) is 56.2 Å². The number of carboxylic acids is 1. The van der Waals surface area contributed by atoms with Crippen LogP contribution in [0.3, 0.4) is 0 Å². The van der Waals surface area contributed by atoms with E-state index >= 15 is 0 Å². The molecule has 0 aromatic heterocycles. The molecule has 1 aromatic carbocycles. The molecule has 2 aliphatic heterocycles. The molecule has 1 spiro atoms. The fourth-order valence-corrected chi connectivity index (χ4v) is 4.44. The lowest BCUT2D eigenvalue weighted by Crippen LogP contribution is -2.51. The molecule has 1 aromatic rings. The molecule has 0 radical (unpaired) electrons. The van der Waals surface area contributed by atoms with E-state index in [0.29, 0.717) is 6.42 Å². The Balaban J connectivity index is 0.000000360. The number of hydrogen-bond donors (Lipinski definition) is 1. The Kier molecular flexibility index (Phi) is 7.37. The van der Waals surface area contributed by atoms with E-state index in [2.05, 4.69) is 23.1 Å². The van der Waals surface area contributed by atoms with Crippen molar-refractivity contribution < 1.29 is 32.6 Å². The van der Waals surface area contributed by atoms with Gasteiger partial charge in [-0.3, -0.25) is 4.79 Å². The van der Waals surface area contributed by atoms with Crippen molar-refractivity contribution in [2.24, 2.45) is 5.92 Å². The fourth-order valence-electron chi connectivity index (χ4n) is 4.44. The van der Waals surface area contributed by atoms with E-state index in [1.807, 2.05) is 20.2 Å². The highest BCUT2D eigenvalue weighted by Gasteiger charge is 2.44. The Morgan fingerprint density at radius 3 is 2.31 bits per heavy atom. The van der Waals surface area contributed by atoms with Gasteiger partial charge in [0.15, 0.2) is 0 Å². The van der Waals surface area contributed by atoms with Gasteiger partial charge >= 0.3 is 12.1 Å². The molecule has 178 valence electrons. The molecule has 1 saturated heterocycles. The molecule has 0 bridgehead atoms. The number of alkyl halides is 3. The number of rotatable bonds is 4. The lowest BCUT2D eigenvalue weighted by molar-refractivity contribution is -0.192. The number of benzene rings is 1. The van der Waals surface area contributed by atoms with Crippen LogP contribution in [-0.2, 0) is 9.59 Å². The Morgan fingerprint density at radius 2 is 1.78 bits per heavy atom. The van der Waals surface area contributed by atoms with Gasteiger partial charge in [-0.2, -0.15) is 13.2 Å². The maximum Gasteiger partial charge on any atom is 0.490 e. The van der Waals surface area contributed by atoms with E-state index in [9.17, 15) is 18.0 Å². The molecule has 1 atom stereocenters. The number of fused-ring (bicyclic) bond motifs is 1. The average molecular weight is 457 g/mol. The van der Waals surface area contributed by atoms with Crippen molar-refractivity contribution in [1.29, 1.82) is 0 Å². The number of amides is 1. The molecule has 1 unspecified atom stereocenters. The van der Waals surface area contributed by atoms with Gasteiger partial charge in [-0.25, -0.2) is 4.79 Å². The minimum absolute atomic E-state index is 0.0777. The van der Waals surface area contributed by atoms with E-state index in [1.165, 1.54) is 24.9 Å². The van der Waals surface area contributed by atoms with Crippen LogP contribution in [-0.4, -0.2) is 72.3 Å². The van der Waals surface area contributed by atoms with E-state index in [4.69, 9.17) is 14.6 Å². The SMILES string of the molecule is CN(C)C(=O)CC1CC2(CCN(CC3CC3)CC2)Oc2ccccc21.O=C(O)C(F)(F)F. The highest BCUT2D eigenvalue weighted by Crippen LogP contribution is 2.47. The van der Waals surface area contributed by atoms with Crippen LogP contribution in [0.15, 0.2) is 24.3 Å². The summed E-state index contributed by atoms with van der Waals surface area (Å²) in [4.78, 5) is 25.6. The molecule has 2 fully saturated rings. The van der Waals surface area contributed by atoms with Crippen molar-refractivity contribution in [3.05, 3.63) is 29.8 Å². The molecule has 2 heterocycles. The summed E-state index contributed by atoms with van der Waals surface area (Å²) in [6, 6.07) is 8.33. The van der Waals surface area contributed by atoms with E-state index < -0.39 is 12.1 Å². The molecule has 1 saturated carbocycles. The third-order valence-corrected chi connectivity index (χ3v) is 6.45. The summed E-state index contributed by atoms with van der Waals surface area (Å²) in [5, 5.41) is 7.12. The molecular formula is C23H31F3N2O4. The van der Waals surface area contributed by atoms with Gasteiger partial charge in [-0.05, 0) is 49.7 Å². The standard InChI is InChI=1S/C21H30N2O2.C2HF3O2/c1-22(2)20(24)13-17-14-21(25-19-6-4-3-5-18(17)19)9-11-23(12-10-21)15-16-7-8-16;3-2(4,5)1(6)7/h3-6,16-17H,7-15H2,1-2H3;(H,6,7). The highest BCUT2D eigenvalue weighted by molar-refractivity contribution is 5.76. The number of likely N-dealkylation sites (tertiary alicyclic amines) is 1. The number of aliphatic carboxylic acids is 1. The number of hydrogen-bond acceptors (Lipinski definition) is 4. The minimum atomic E-state index is -5.08. The molecule has 1 aliphatic carbocycles. The third-order valence-electron chi connectivity index (χ3n) is 6.45. The number of carbonyl (C=O) groups excluding carboxylic acids is 1. The van der Waals surface area contributed by atoms with Crippen LogP contribution in [0.25, 0.3) is 0 Å². The first kappa shape index (κ1) is 24.4. The van der Waals surface area contributed by atoms with Gasteiger partial charge in [0.25, 0.3) is 0 Å². The first-order chi connectivity index (χ1) is 15.0. The van der Waals surface area contributed by atoms with Crippen LogP contribution < -0.4 is 4.74 Å². The Morgan fingerprint density at radius 1 is 1.19 bits per heavy atom. The molecule has 32 heavy (non-hydrogen) atoms. The van der Waals surface area contributed by atoms with Crippen molar-refractivity contribution >= 4 is 11.9 Å². The zero-order chi connectivity index (χ0) is 23.5. The molecular weight excluding hydrogens is 425 g/mol. The Labute approximate surface area is 186 Å². The zero-order valence-corrected chi connectivity index (χ0v) is 18.5. The van der Waals surface area contributed by atoms with Crippen LogP contribution in [0, 0.1) is 5.92 Å². The lowest BCUT2D eigenvalue weighted by atomic mass is 9.76. The van der Waals surface area contributed by atoms with Crippen molar-refractivity contribution in [3.8, 4) is 5.75 Å². The number of halogens is 3. The van der Waals surface area contributed by atoms with Gasteiger partial charge in [0.2, 0.25) is 5.91 Å². The third kappa shape index (κ3) is 6.37. The van der Waals surface area contributed by atoms with Crippen molar-refractivity contribution in [2.75, 3.05) is 33.7 Å². The summed E-state index contributed by atoms with van der Waals surface area (Å²) < 4.78 is 38.3. The molecule has 4 rings (SSSR count). The number of carboxylic acid groups (broad SMARTS) is 1. The maximum absolute atomic E-state index is 12.3. The first-order valence-corrected chi connectivity index (χ1v) is 11.0. The van der Waals surface area contributed by atoms with Gasteiger partial charge in [-0.1, -0.05) is 18.2 Å². The monoisotopic (exact) mass is 456 g/mol. The first-order valence-electron chi connectivity index (χ1n) is 11.0. The zero-order valence-electron chi connectivity index (χ0n) is 18.5. The topological polar surface area (TPSA) is 70.1 Å². The molecule has 1 amide bonds. The van der Waals surface area contributed by atoms with Gasteiger partial charge in [0, 0.05) is 46.1 Å². The second-order valence-electron chi connectivity index (χ2n) is 9.26. The number of para-hydroxylation sites is 1. The smallest absolute Gasteiger partial charge is 0.487 e. The number of nitrogens with zero attached hydrogens (tertiary/aromatic N) is 2. The van der Waals surface area contributed by atoms with Gasteiger partial charge in [0.05, 0.1) is 0 Å². The van der Waals surface area contributed by atoms with E-state index in [-0.39, 0.29) is 17.4 Å². The molecule has 9 heteroatoms. The fraction of sp³-hybridized carbons (Fsp3) is 0.652. The summed E-state index contributed by atoms with van der Waals surface area (Å²) in [5.74, 6) is -0.321. The largest absolute Gasteiger partial charge is 0.490 e. The number of carbonyl (C=O) groups is 2. The number of ether oxygens (including phenoxy) is 1. The Hall–Kier alpha value is -2.29. The summed E-state index contributed by atoms with van der Waals surface area (Å²) >= 11 is 0. The average Bonchev–Trinajstić information content (AvgIpc) is 3.54. The minimum Gasteiger partial charge on any atom is -0.487 e. The Bertz CT molecular complexity index is 816. The van der Waals surface area contributed by atoms with E-state index in [0.717, 1.165) is 44.0 Å². The van der Waals surface area contributed by atoms with Gasteiger partial charge in [-0.15, -0.1) is 0 Å². The van der Waals surface area contributed by atoms with Crippen molar-refractivity contribution in [3.63, 3.8) is 0 Å². The van der Waals surface area contributed by atoms with Crippen LogP contribution in [0.1, 0.15) is 50.0 Å². The summed E-state index contributed by atoms with van der Waals surface area (Å²) in [7, 11) is 3.69. The summed E-state index contributed by atoms with van der Waals surface area (Å²) in [5.41, 5.74) is 1.13. The second-order valence-corrected chi connectivity index (χ2v) is 9.26. The van der Waals surface area contributed by atoms with Crippen molar-refractivity contribution in [1.82, 2.24) is 9.80 Å².